The van der Waals surface area contributed by atoms with Crippen LogP contribution in [0.1, 0.15) is 27.4 Å². The zero-order valence-electron chi connectivity index (χ0n) is 14.3. The van der Waals surface area contributed by atoms with Gasteiger partial charge in [0.05, 0.1) is 13.2 Å². The second kappa shape index (κ2) is 6.97. The monoisotopic (exact) mass is 326 g/mol. The summed E-state index contributed by atoms with van der Waals surface area (Å²) in [4.78, 5) is 23.5. The fourth-order valence-electron chi connectivity index (χ4n) is 2.76. The molecule has 1 aromatic carbocycles. The Morgan fingerprint density at radius 2 is 1.88 bits per heavy atom. The summed E-state index contributed by atoms with van der Waals surface area (Å²) in [6.07, 6.45) is 0. The van der Waals surface area contributed by atoms with Gasteiger partial charge in [0, 0.05) is 24.8 Å². The fraction of sp³-hybridized carbons (Fsp3) is 0.389. The van der Waals surface area contributed by atoms with E-state index in [0.717, 1.165) is 35.7 Å². The highest BCUT2D eigenvalue weighted by atomic mass is 16.5. The number of nitrogens with zero attached hydrogens (tertiary/aromatic N) is 3. The van der Waals surface area contributed by atoms with Crippen LogP contribution in [0.15, 0.2) is 24.3 Å². The third-order valence-corrected chi connectivity index (χ3v) is 4.02. The molecule has 6 nitrogen and oxygen atoms in total. The van der Waals surface area contributed by atoms with Crippen molar-refractivity contribution in [2.75, 3.05) is 36.5 Å². The lowest BCUT2D eigenvalue weighted by atomic mass is 10.1. The minimum Gasteiger partial charge on any atom is -0.378 e. The highest BCUT2D eigenvalue weighted by Crippen LogP contribution is 2.19. The molecule has 0 atom stereocenters. The van der Waals surface area contributed by atoms with E-state index in [-0.39, 0.29) is 5.91 Å². The van der Waals surface area contributed by atoms with Crippen LogP contribution in [-0.2, 0) is 4.74 Å². The molecule has 0 radical (unpaired) electrons. The van der Waals surface area contributed by atoms with Crippen molar-refractivity contribution >= 4 is 17.4 Å². The predicted octanol–water partition coefficient (Wildman–Crippen LogP) is 2.49. The summed E-state index contributed by atoms with van der Waals surface area (Å²) in [7, 11) is 0. The van der Waals surface area contributed by atoms with E-state index in [1.807, 2.05) is 32.0 Å². The number of hydrogen-bond acceptors (Lipinski definition) is 5. The Labute approximate surface area is 141 Å². The maximum Gasteiger partial charge on any atom is 0.274 e. The number of anilines is 2. The van der Waals surface area contributed by atoms with Crippen molar-refractivity contribution in [3.63, 3.8) is 0 Å². The average molecular weight is 326 g/mol. The number of carbonyl (C=O) groups is 1. The van der Waals surface area contributed by atoms with Crippen LogP contribution in [-0.4, -0.2) is 42.2 Å². The Hall–Kier alpha value is -2.47. The summed E-state index contributed by atoms with van der Waals surface area (Å²) in [6.45, 7) is 8.70. The largest absolute Gasteiger partial charge is 0.378 e. The number of nitrogens with one attached hydrogen (secondary N) is 1. The number of morpholine rings is 1. The maximum atomic E-state index is 12.6. The van der Waals surface area contributed by atoms with E-state index in [4.69, 9.17) is 4.74 Å². The zero-order valence-corrected chi connectivity index (χ0v) is 14.3. The molecule has 3 rings (SSSR count). The molecule has 1 aromatic heterocycles. The molecule has 1 saturated heterocycles. The van der Waals surface area contributed by atoms with Crippen LogP contribution < -0.4 is 10.2 Å². The van der Waals surface area contributed by atoms with Crippen molar-refractivity contribution in [3.8, 4) is 0 Å². The van der Waals surface area contributed by atoms with Gasteiger partial charge in [0.15, 0.2) is 0 Å². The van der Waals surface area contributed by atoms with E-state index in [9.17, 15) is 4.79 Å². The Balaban J connectivity index is 1.82. The van der Waals surface area contributed by atoms with E-state index < -0.39 is 0 Å². The number of aryl methyl sites for hydroxylation is 3. The van der Waals surface area contributed by atoms with Gasteiger partial charge in [-0.15, -0.1) is 0 Å². The van der Waals surface area contributed by atoms with Crippen LogP contribution in [0, 0.1) is 20.8 Å². The van der Waals surface area contributed by atoms with Crippen LogP contribution in [0.25, 0.3) is 0 Å². The van der Waals surface area contributed by atoms with Gasteiger partial charge < -0.3 is 15.0 Å². The highest BCUT2D eigenvalue weighted by molar-refractivity contribution is 6.03. The lowest BCUT2D eigenvalue weighted by Crippen LogP contribution is -2.37. The molecule has 1 aliphatic heterocycles. The first-order valence-corrected chi connectivity index (χ1v) is 8.10. The van der Waals surface area contributed by atoms with Gasteiger partial charge in [-0.2, -0.15) is 0 Å². The zero-order chi connectivity index (χ0) is 17.1. The number of amides is 1. The summed E-state index contributed by atoms with van der Waals surface area (Å²) in [6, 6.07) is 7.68. The molecule has 0 unspecified atom stereocenters. The minimum absolute atomic E-state index is 0.220. The molecule has 2 aromatic rings. The smallest absolute Gasteiger partial charge is 0.274 e. The third-order valence-electron chi connectivity index (χ3n) is 4.02. The van der Waals surface area contributed by atoms with Crippen molar-refractivity contribution in [3.05, 3.63) is 46.9 Å². The fourth-order valence-corrected chi connectivity index (χ4v) is 2.76. The van der Waals surface area contributed by atoms with Crippen molar-refractivity contribution in [1.82, 2.24) is 9.97 Å². The molecule has 24 heavy (non-hydrogen) atoms. The van der Waals surface area contributed by atoms with E-state index in [1.54, 1.807) is 13.0 Å². The number of aromatic nitrogens is 2. The molecule has 0 aliphatic carbocycles. The molecular weight excluding hydrogens is 304 g/mol. The van der Waals surface area contributed by atoms with E-state index in [2.05, 4.69) is 20.2 Å². The molecule has 1 fully saturated rings. The van der Waals surface area contributed by atoms with Gasteiger partial charge in [-0.25, -0.2) is 9.97 Å². The molecular formula is C18H22N4O2. The Morgan fingerprint density at radius 3 is 2.58 bits per heavy atom. The van der Waals surface area contributed by atoms with Crippen LogP contribution in [0.4, 0.5) is 11.5 Å². The first-order chi connectivity index (χ1) is 11.5. The average Bonchev–Trinajstić information content (AvgIpc) is 2.57. The molecule has 1 amide bonds. The van der Waals surface area contributed by atoms with Gasteiger partial charge in [0.2, 0.25) is 0 Å². The summed E-state index contributed by atoms with van der Waals surface area (Å²) in [5, 5.41) is 2.94. The number of rotatable bonds is 3. The summed E-state index contributed by atoms with van der Waals surface area (Å²) >= 11 is 0. The number of hydrogen-bond donors (Lipinski definition) is 1. The minimum atomic E-state index is -0.220. The van der Waals surface area contributed by atoms with Crippen LogP contribution in [0.3, 0.4) is 0 Å². The number of ether oxygens (including phenoxy) is 1. The topological polar surface area (TPSA) is 67.4 Å². The van der Waals surface area contributed by atoms with Crippen LogP contribution in [0.2, 0.25) is 0 Å². The number of benzene rings is 1. The Kier molecular flexibility index (Phi) is 4.76. The van der Waals surface area contributed by atoms with Crippen LogP contribution in [0.5, 0.6) is 0 Å². The van der Waals surface area contributed by atoms with Crippen LogP contribution >= 0.6 is 0 Å². The number of carbonyl (C=O) groups excluding carboxylic acids is 1. The molecule has 0 saturated carbocycles. The Morgan fingerprint density at radius 1 is 1.12 bits per heavy atom. The second-order valence-electron chi connectivity index (χ2n) is 6.03. The molecule has 126 valence electrons. The predicted molar refractivity (Wildman–Crippen MR) is 93.7 cm³/mol. The normalized spacial score (nSPS) is 14.5. The molecule has 6 heteroatoms. The summed E-state index contributed by atoms with van der Waals surface area (Å²) in [5.74, 6) is 1.14. The first-order valence-electron chi connectivity index (χ1n) is 8.10. The third kappa shape index (κ3) is 3.71. The maximum absolute atomic E-state index is 12.6. The first kappa shape index (κ1) is 16.4. The Bertz CT molecular complexity index is 755. The standard InChI is InChI=1S/C18H22N4O2/c1-12-4-5-15(13(2)10-12)21-18(23)16-11-17(20-14(3)19-16)22-6-8-24-9-7-22/h4-5,10-11H,6-9H2,1-3H3,(H,21,23). The van der Waals surface area contributed by atoms with Crippen molar-refractivity contribution in [1.29, 1.82) is 0 Å². The second-order valence-corrected chi connectivity index (χ2v) is 6.03. The highest BCUT2D eigenvalue weighted by Gasteiger charge is 2.17. The summed E-state index contributed by atoms with van der Waals surface area (Å²) in [5.41, 5.74) is 3.37. The molecule has 0 spiro atoms. The van der Waals surface area contributed by atoms with Gasteiger partial charge in [0.25, 0.3) is 5.91 Å². The molecule has 2 heterocycles. The van der Waals surface area contributed by atoms with E-state index >= 15 is 0 Å². The van der Waals surface area contributed by atoms with Crippen molar-refractivity contribution in [2.24, 2.45) is 0 Å². The lowest BCUT2D eigenvalue weighted by Gasteiger charge is -2.28. The van der Waals surface area contributed by atoms with Gasteiger partial charge in [-0.3, -0.25) is 4.79 Å². The quantitative estimate of drug-likeness (QED) is 0.938. The van der Waals surface area contributed by atoms with E-state index in [1.165, 1.54) is 0 Å². The lowest BCUT2D eigenvalue weighted by molar-refractivity contribution is 0.102. The van der Waals surface area contributed by atoms with Crippen molar-refractivity contribution in [2.45, 2.75) is 20.8 Å². The van der Waals surface area contributed by atoms with Gasteiger partial charge in [-0.1, -0.05) is 17.7 Å². The molecule has 1 aliphatic rings. The van der Waals surface area contributed by atoms with Gasteiger partial charge in [-0.05, 0) is 32.4 Å². The molecule has 0 bridgehead atoms. The van der Waals surface area contributed by atoms with Gasteiger partial charge >= 0.3 is 0 Å². The molecule has 1 N–H and O–H groups in total. The summed E-state index contributed by atoms with van der Waals surface area (Å²) < 4.78 is 5.37. The van der Waals surface area contributed by atoms with Gasteiger partial charge in [0.1, 0.15) is 17.3 Å². The van der Waals surface area contributed by atoms with Crippen molar-refractivity contribution < 1.29 is 9.53 Å². The van der Waals surface area contributed by atoms with E-state index in [0.29, 0.717) is 24.7 Å². The SMILES string of the molecule is Cc1ccc(NC(=O)c2cc(N3CCOCC3)nc(C)n2)c(C)c1.